The van der Waals surface area contributed by atoms with Crippen LogP contribution in [0, 0.1) is 5.92 Å². The second-order valence-corrected chi connectivity index (χ2v) is 10.6. The van der Waals surface area contributed by atoms with Gasteiger partial charge in [-0.05, 0) is 43.6 Å². The molecule has 0 radical (unpaired) electrons. The van der Waals surface area contributed by atoms with E-state index >= 15 is 0 Å². The van der Waals surface area contributed by atoms with Crippen molar-refractivity contribution in [3.8, 4) is 0 Å². The molecule has 37 heavy (non-hydrogen) atoms. The van der Waals surface area contributed by atoms with Crippen LogP contribution in [0.4, 0.5) is 0 Å². The fraction of sp³-hybridized carbons (Fsp3) is 0.667. The van der Waals surface area contributed by atoms with Crippen LogP contribution in [-0.2, 0) is 30.4 Å². The molecule has 2 rings (SSSR count). The number of hydrogen-bond donors (Lipinski definition) is 5. The molecule has 0 saturated carbocycles. The smallest absolute Gasteiger partial charge is 0.245 e. The summed E-state index contributed by atoms with van der Waals surface area (Å²) in [7, 11) is 0. The molecule has 12 nitrogen and oxygen atoms in total. The summed E-state index contributed by atoms with van der Waals surface area (Å²) < 4.78 is 0. The summed E-state index contributed by atoms with van der Waals surface area (Å²) in [4.78, 5) is 71.6. The molecule has 13 heteroatoms. The predicted octanol–water partition coefficient (Wildman–Crippen LogP) is -0.298. The molecule has 0 spiro atoms. The van der Waals surface area contributed by atoms with Crippen LogP contribution in [0.25, 0.3) is 0 Å². The van der Waals surface area contributed by atoms with Crippen molar-refractivity contribution in [2.75, 3.05) is 18.6 Å². The van der Waals surface area contributed by atoms with Crippen molar-refractivity contribution >= 4 is 41.3 Å². The fourth-order valence-electron chi connectivity index (χ4n) is 4.32. The summed E-state index contributed by atoms with van der Waals surface area (Å²) in [6.07, 6.45) is 6.89. The van der Waals surface area contributed by atoms with Crippen LogP contribution in [0.1, 0.15) is 52.1 Å². The normalized spacial score (nSPS) is 17.6. The maximum atomic E-state index is 13.6. The van der Waals surface area contributed by atoms with Crippen LogP contribution in [0.3, 0.4) is 0 Å². The zero-order valence-electron chi connectivity index (χ0n) is 21.9. The predicted molar refractivity (Wildman–Crippen MR) is 140 cm³/mol. The minimum absolute atomic E-state index is 0.147. The van der Waals surface area contributed by atoms with Gasteiger partial charge in [-0.15, -0.1) is 0 Å². The summed E-state index contributed by atoms with van der Waals surface area (Å²) >= 11 is 1.54. The van der Waals surface area contributed by atoms with Gasteiger partial charge in [0, 0.05) is 31.8 Å². The highest BCUT2D eigenvalue weighted by molar-refractivity contribution is 7.98. The summed E-state index contributed by atoms with van der Waals surface area (Å²) in [6, 6.07) is -3.37. The Morgan fingerprint density at radius 1 is 1.16 bits per heavy atom. The van der Waals surface area contributed by atoms with Gasteiger partial charge in [0.25, 0.3) is 0 Å². The number of amides is 5. The topological polar surface area (TPSA) is 179 Å². The molecule has 0 bridgehead atoms. The third kappa shape index (κ3) is 9.38. The highest BCUT2D eigenvalue weighted by atomic mass is 32.2. The molecule has 0 aliphatic carbocycles. The van der Waals surface area contributed by atoms with E-state index in [0.717, 1.165) is 0 Å². The molecule has 1 fully saturated rings. The van der Waals surface area contributed by atoms with Gasteiger partial charge in [0.1, 0.15) is 24.2 Å². The van der Waals surface area contributed by atoms with Gasteiger partial charge in [0.05, 0.1) is 6.33 Å². The second-order valence-electron chi connectivity index (χ2n) is 9.66. The summed E-state index contributed by atoms with van der Waals surface area (Å²) in [5, 5.41) is 8.15. The number of primary amides is 1. The zero-order chi connectivity index (χ0) is 27.5. The quantitative estimate of drug-likeness (QED) is 0.216. The van der Waals surface area contributed by atoms with Crippen LogP contribution in [0.5, 0.6) is 0 Å². The SMILES string of the molecule is CSCC[C@@H](NC(=O)[C@@H](CC(C)C)NC(C)=O)C(=O)N1CCC[C@@H]1C(=O)N[C@H](Cc1cnc[nH]1)C(N)=O. The van der Waals surface area contributed by atoms with Crippen molar-refractivity contribution in [3.05, 3.63) is 18.2 Å². The number of nitrogens with two attached hydrogens (primary N) is 1. The van der Waals surface area contributed by atoms with E-state index in [-0.39, 0.29) is 24.2 Å². The Morgan fingerprint density at radius 2 is 1.89 bits per heavy atom. The van der Waals surface area contributed by atoms with Crippen LogP contribution >= 0.6 is 11.8 Å². The first-order chi connectivity index (χ1) is 17.5. The number of rotatable bonds is 14. The van der Waals surface area contributed by atoms with E-state index in [1.807, 2.05) is 20.1 Å². The van der Waals surface area contributed by atoms with Crippen LogP contribution in [0.2, 0.25) is 0 Å². The molecule has 1 aliphatic rings. The lowest BCUT2D eigenvalue weighted by atomic mass is 10.0. The Kier molecular flexibility index (Phi) is 11.9. The first-order valence-corrected chi connectivity index (χ1v) is 13.9. The number of thioether (sulfide) groups is 1. The third-order valence-corrected chi connectivity index (χ3v) is 6.75. The molecular formula is C24H39N7O5S. The van der Waals surface area contributed by atoms with Gasteiger partial charge in [-0.25, -0.2) is 4.98 Å². The first-order valence-electron chi connectivity index (χ1n) is 12.5. The van der Waals surface area contributed by atoms with Gasteiger partial charge < -0.3 is 31.6 Å². The number of H-pyrrole nitrogens is 1. The lowest BCUT2D eigenvalue weighted by Gasteiger charge is -2.30. The Labute approximate surface area is 221 Å². The molecule has 0 aromatic carbocycles. The lowest BCUT2D eigenvalue weighted by molar-refractivity contribution is -0.142. The van der Waals surface area contributed by atoms with Crippen LogP contribution in [-0.4, -0.2) is 87.1 Å². The standard InChI is InChI=1S/C24H39N7O5S/c1-14(2)10-19(28-15(3)32)22(34)29-17(7-9-37-4)24(36)31-8-5-6-20(31)23(35)30-18(21(25)33)11-16-12-26-13-27-16/h12-14,17-20H,5-11H2,1-4H3,(H2,25,33)(H,26,27)(H,28,32)(H,29,34)(H,30,35)/t17-,18-,19-,20-/m1/s1. The Morgan fingerprint density at radius 3 is 2.46 bits per heavy atom. The Bertz CT molecular complexity index is 940. The fourth-order valence-corrected chi connectivity index (χ4v) is 4.80. The molecule has 0 unspecified atom stereocenters. The van der Waals surface area contributed by atoms with Crippen molar-refractivity contribution in [2.45, 2.75) is 77.0 Å². The van der Waals surface area contributed by atoms with E-state index in [1.54, 1.807) is 6.20 Å². The highest BCUT2D eigenvalue weighted by Crippen LogP contribution is 2.20. The largest absolute Gasteiger partial charge is 0.368 e. The molecule has 1 saturated heterocycles. The molecule has 1 aromatic rings. The van der Waals surface area contributed by atoms with Gasteiger partial charge in [-0.1, -0.05) is 13.8 Å². The Balaban J connectivity index is 2.14. The molecule has 2 heterocycles. The van der Waals surface area contributed by atoms with E-state index in [4.69, 9.17) is 5.73 Å². The van der Waals surface area contributed by atoms with Gasteiger partial charge in [-0.2, -0.15) is 11.8 Å². The number of aromatic nitrogens is 2. The van der Waals surface area contributed by atoms with E-state index in [2.05, 4.69) is 25.9 Å². The zero-order valence-corrected chi connectivity index (χ0v) is 22.7. The van der Waals surface area contributed by atoms with Gasteiger partial charge in [0.2, 0.25) is 29.5 Å². The van der Waals surface area contributed by atoms with E-state index in [9.17, 15) is 24.0 Å². The minimum Gasteiger partial charge on any atom is -0.368 e. The number of carbonyl (C=O) groups is 5. The summed E-state index contributed by atoms with van der Waals surface area (Å²) in [5.41, 5.74) is 6.14. The van der Waals surface area contributed by atoms with Gasteiger partial charge in [0.15, 0.2) is 0 Å². The van der Waals surface area contributed by atoms with Crippen molar-refractivity contribution in [3.63, 3.8) is 0 Å². The van der Waals surface area contributed by atoms with Crippen molar-refractivity contribution in [1.29, 1.82) is 0 Å². The molecule has 206 valence electrons. The maximum absolute atomic E-state index is 13.6. The van der Waals surface area contributed by atoms with E-state index in [1.165, 1.54) is 29.9 Å². The number of likely N-dealkylation sites (tertiary alicyclic amines) is 1. The molecule has 6 N–H and O–H groups in total. The molecule has 4 atom stereocenters. The Hall–Kier alpha value is -3.09. The number of imidazole rings is 1. The average Bonchev–Trinajstić information content (AvgIpc) is 3.51. The number of aromatic amines is 1. The number of nitrogens with zero attached hydrogens (tertiary/aromatic N) is 2. The number of hydrogen-bond acceptors (Lipinski definition) is 7. The second kappa shape index (κ2) is 14.6. The highest BCUT2D eigenvalue weighted by Gasteiger charge is 2.39. The first kappa shape index (κ1) is 30.1. The molecule has 1 aromatic heterocycles. The minimum atomic E-state index is -0.966. The number of nitrogens with one attached hydrogen (secondary N) is 4. The van der Waals surface area contributed by atoms with E-state index < -0.39 is 41.9 Å². The van der Waals surface area contributed by atoms with Gasteiger partial charge >= 0.3 is 0 Å². The van der Waals surface area contributed by atoms with E-state index in [0.29, 0.717) is 43.7 Å². The number of carbonyl (C=O) groups excluding carboxylic acids is 5. The van der Waals surface area contributed by atoms with Gasteiger partial charge in [-0.3, -0.25) is 24.0 Å². The van der Waals surface area contributed by atoms with Crippen molar-refractivity contribution < 1.29 is 24.0 Å². The van der Waals surface area contributed by atoms with Crippen LogP contribution in [0.15, 0.2) is 12.5 Å². The maximum Gasteiger partial charge on any atom is 0.245 e. The molecule has 1 aliphatic heterocycles. The van der Waals surface area contributed by atoms with Crippen molar-refractivity contribution in [1.82, 2.24) is 30.8 Å². The summed E-state index contributed by atoms with van der Waals surface area (Å²) in [5.74, 6) is -1.53. The monoisotopic (exact) mass is 537 g/mol. The lowest BCUT2D eigenvalue weighted by Crippen LogP contribution is -2.58. The summed E-state index contributed by atoms with van der Waals surface area (Å²) in [6.45, 7) is 5.58. The molecular weight excluding hydrogens is 498 g/mol. The average molecular weight is 538 g/mol. The van der Waals surface area contributed by atoms with Crippen LogP contribution < -0.4 is 21.7 Å². The van der Waals surface area contributed by atoms with Crippen molar-refractivity contribution in [2.24, 2.45) is 11.7 Å². The molecule has 5 amide bonds. The third-order valence-electron chi connectivity index (χ3n) is 6.10.